The molecular formula is C14H22N2O. The van der Waals surface area contributed by atoms with E-state index in [0.717, 1.165) is 24.3 Å². The lowest BCUT2D eigenvalue weighted by Gasteiger charge is -2.42. The fourth-order valence-corrected chi connectivity index (χ4v) is 2.83. The van der Waals surface area contributed by atoms with Gasteiger partial charge in [-0.05, 0) is 36.5 Å². The van der Waals surface area contributed by atoms with Crippen LogP contribution in [0.4, 0.5) is 0 Å². The zero-order valence-corrected chi connectivity index (χ0v) is 10.5. The van der Waals surface area contributed by atoms with Crippen molar-refractivity contribution in [2.45, 2.75) is 38.7 Å². The molecule has 0 bridgehead atoms. The molecule has 1 aromatic rings. The van der Waals surface area contributed by atoms with Gasteiger partial charge in [0.05, 0.1) is 6.10 Å². The van der Waals surface area contributed by atoms with Crippen molar-refractivity contribution in [1.29, 1.82) is 0 Å². The summed E-state index contributed by atoms with van der Waals surface area (Å²) in [6, 6.07) is 3.78. The van der Waals surface area contributed by atoms with Gasteiger partial charge in [0, 0.05) is 24.4 Å². The fourth-order valence-electron chi connectivity index (χ4n) is 2.83. The molecule has 0 amide bonds. The normalized spacial score (nSPS) is 31.1. The number of nitrogens with two attached hydrogens (primary N) is 1. The van der Waals surface area contributed by atoms with E-state index in [2.05, 4.69) is 11.9 Å². The van der Waals surface area contributed by atoms with Gasteiger partial charge in [0.2, 0.25) is 0 Å². The van der Waals surface area contributed by atoms with Gasteiger partial charge in [-0.2, -0.15) is 0 Å². The molecule has 1 unspecified atom stereocenters. The highest BCUT2D eigenvalue weighted by atomic mass is 16.3. The molecule has 17 heavy (non-hydrogen) atoms. The van der Waals surface area contributed by atoms with Crippen LogP contribution in [0.1, 0.15) is 44.3 Å². The Hall–Kier alpha value is -0.930. The summed E-state index contributed by atoms with van der Waals surface area (Å²) in [6.45, 7) is 2.84. The summed E-state index contributed by atoms with van der Waals surface area (Å²) in [6.07, 6.45) is 7.38. The van der Waals surface area contributed by atoms with Crippen molar-refractivity contribution in [1.82, 2.24) is 4.98 Å². The van der Waals surface area contributed by atoms with E-state index in [1.807, 2.05) is 12.1 Å². The van der Waals surface area contributed by atoms with Gasteiger partial charge in [0.25, 0.3) is 0 Å². The lowest BCUT2D eigenvalue weighted by Crippen LogP contribution is -2.39. The molecule has 0 aromatic carbocycles. The van der Waals surface area contributed by atoms with Gasteiger partial charge in [0.15, 0.2) is 0 Å². The number of rotatable bonds is 3. The summed E-state index contributed by atoms with van der Waals surface area (Å²) < 4.78 is 0. The van der Waals surface area contributed by atoms with E-state index >= 15 is 0 Å². The monoisotopic (exact) mass is 234 g/mol. The van der Waals surface area contributed by atoms with E-state index in [0.29, 0.717) is 6.54 Å². The van der Waals surface area contributed by atoms with Crippen molar-refractivity contribution < 1.29 is 5.11 Å². The third-order valence-corrected chi connectivity index (χ3v) is 4.28. The first-order valence-corrected chi connectivity index (χ1v) is 6.46. The summed E-state index contributed by atoms with van der Waals surface area (Å²) in [4.78, 5) is 3.99. The van der Waals surface area contributed by atoms with Gasteiger partial charge in [-0.25, -0.2) is 0 Å². The Balaban J connectivity index is 2.18. The summed E-state index contributed by atoms with van der Waals surface area (Å²) in [7, 11) is 0. The molecule has 0 spiro atoms. The third-order valence-electron chi connectivity index (χ3n) is 4.28. The molecule has 0 saturated heterocycles. The molecule has 94 valence electrons. The van der Waals surface area contributed by atoms with E-state index < -0.39 is 6.10 Å². The van der Waals surface area contributed by atoms with Crippen molar-refractivity contribution in [3.05, 3.63) is 30.1 Å². The minimum Gasteiger partial charge on any atom is -0.388 e. The summed E-state index contributed by atoms with van der Waals surface area (Å²) >= 11 is 0. The molecule has 3 N–H and O–H groups in total. The first-order chi connectivity index (χ1) is 8.18. The summed E-state index contributed by atoms with van der Waals surface area (Å²) in [5.41, 5.74) is 6.76. The first kappa shape index (κ1) is 12.5. The largest absolute Gasteiger partial charge is 0.388 e. The first-order valence-electron chi connectivity index (χ1n) is 6.46. The predicted molar refractivity (Wildman–Crippen MR) is 68.3 cm³/mol. The quantitative estimate of drug-likeness (QED) is 0.843. The van der Waals surface area contributed by atoms with Crippen LogP contribution >= 0.6 is 0 Å². The average Bonchev–Trinajstić information content (AvgIpc) is 2.40. The molecule has 3 heteroatoms. The third kappa shape index (κ3) is 2.50. The van der Waals surface area contributed by atoms with Crippen LogP contribution in [0.3, 0.4) is 0 Å². The maximum Gasteiger partial charge on any atom is 0.0859 e. The molecular weight excluding hydrogens is 212 g/mol. The van der Waals surface area contributed by atoms with Crippen LogP contribution in [0.5, 0.6) is 0 Å². The van der Waals surface area contributed by atoms with Crippen LogP contribution in [-0.2, 0) is 0 Å². The number of nitrogens with zero attached hydrogens (tertiary/aromatic N) is 1. The van der Waals surface area contributed by atoms with E-state index in [4.69, 9.17) is 5.73 Å². The number of pyridine rings is 1. The number of aliphatic hydroxyl groups is 1. The Morgan fingerprint density at radius 2 is 2.00 bits per heavy atom. The topological polar surface area (TPSA) is 59.1 Å². The van der Waals surface area contributed by atoms with E-state index in [1.165, 1.54) is 12.8 Å². The Morgan fingerprint density at radius 3 is 2.53 bits per heavy atom. The van der Waals surface area contributed by atoms with Crippen molar-refractivity contribution in [2.24, 2.45) is 17.1 Å². The van der Waals surface area contributed by atoms with Crippen LogP contribution in [0.15, 0.2) is 24.5 Å². The second-order valence-corrected chi connectivity index (χ2v) is 5.43. The second kappa shape index (κ2) is 5.15. The van der Waals surface area contributed by atoms with Crippen LogP contribution in [-0.4, -0.2) is 16.6 Å². The van der Waals surface area contributed by atoms with Gasteiger partial charge in [-0.1, -0.05) is 19.8 Å². The average molecular weight is 234 g/mol. The Kier molecular flexibility index (Phi) is 3.79. The van der Waals surface area contributed by atoms with Crippen LogP contribution in [0, 0.1) is 11.3 Å². The molecule has 1 heterocycles. The smallest absolute Gasteiger partial charge is 0.0859 e. The highest BCUT2D eigenvalue weighted by Gasteiger charge is 2.39. The Labute approximate surface area is 103 Å². The molecule has 0 aliphatic heterocycles. The zero-order valence-electron chi connectivity index (χ0n) is 10.5. The number of hydrogen-bond donors (Lipinski definition) is 2. The molecule has 1 aliphatic rings. The van der Waals surface area contributed by atoms with Gasteiger partial charge in [0.1, 0.15) is 0 Å². The summed E-state index contributed by atoms with van der Waals surface area (Å²) in [5, 5.41) is 10.6. The number of hydrogen-bond acceptors (Lipinski definition) is 3. The van der Waals surface area contributed by atoms with Gasteiger partial charge in [-0.15, -0.1) is 0 Å². The highest BCUT2D eigenvalue weighted by molar-refractivity contribution is 5.17. The minimum atomic E-state index is -0.456. The van der Waals surface area contributed by atoms with Crippen molar-refractivity contribution in [3.8, 4) is 0 Å². The van der Waals surface area contributed by atoms with Crippen LogP contribution in [0.2, 0.25) is 0 Å². The second-order valence-electron chi connectivity index (χ2n) is 5.43. The van der Waals surface area contributed by atoms with Gasteiger partial charge < -0.3 is 10.8 Å². The molecule has 0 radical (unpaired) electrons. The SMILES string of the molecule is CC1CCC(CN)(C(O)c2ccncc2)CC1. The molecule has 1 fully saturated rings. The fraction of sp³-hybridized carbons (Fsp3) is 0.643. The van der Waals surface area contributed by atoms with E-state index in [9.17, 15) is 5.11 Å². The Morgan fingerprint density at radius 1 is 1.41 bits per heavy atom. The maximum absolute atomic E-state index is 10.6. The standard InChI is InChI=1S/C14H22N2O/c1-11-2-6-14(10-15,7-3-11)13(17)12-4-8-16-9-5-12/h4-5,8-9,11,13,17H,2-3,6-7,10,15H2,1H3. The van der Waals surface area contributed by atoms with Crippen LogP contribution < -0.4 is 5.73 Å². The maximum atomic E-state index is 10.6. The van der Waals surface area contributed by atoms with Crippen LogP contribution in [0.25, 0.3) is 0 Å². The van der Waals surface area contributed by atoms with Crippen molar-refractivity contribution in [2.75, 3.05) is 6.54 Å². The molecule has 2 rings (SSSR count). The van der Waals surface area contributed by atoms with E-state index in [-0.39, 0.29) is 5.41 Å². The lowest BCUT2D eigenvalue weighted by atomic mass is 9.66. The van der Waals surface area contributed by atoms with Gasteiger partial charge >= 0.3 is 0 Å². The molecule has 1 saturated carbocycles. The van der Waals surface area contributed by atoms with Crippen molar-refractivity contribution >= 4 is 0 Å². The number of aromatic nitrogens is 1. The molecule has 1 aliphatic carbocycles. The molecule has 3 nitrogen and oxygen atoms in total. The van der Waals surface area contributed by atoms with E-state index in [1.54, 1.807) is 12.4 Å². The Bertz CT molecular complexity index is 344. The number of aliphatic hydroxyl groups excluding tert-OH is 1. The molecule has 1 atom stereocenters. The summed E-state index contributed by atoms with van der Waals surface area (Å²) in [5.74, 6) is 0.763. The minimum absolute atomic E-state index is 0.131. The van der Waals surface area contributed by atoms with Crippen molar-refractivity contribution in [3.63, 3.8) is 0 Å². The highest BCUT2D eigenvalue weighted by Crippen LogP contribution is 2.46. The zero-order chi connectivity index (χ0) is 12.3. The molecule has 1 aromatic heterocycles. The predicted octanol–water partition coefficient (Wildman–Crippen LogP) is 2.27. The lowest BCUT2D eigenvalue weighted by molar-refractivity contribution is -0.00823. The van der Waals surface area contributed by atoms with Gasteiger partial charge in [-0.3, -0.25) is 4.98 Å².